The highest BCUT2D eigenvalue weighted by atomic mass is 32.2. The third-order valence-electron chi connectivity index (χ3n) is 8.83. The summed E-state index contributed by atoms with van der Waals surface area (Å²) in [4.78, 5) is 3.35. The molecule has 0 saturated heterocycles. The van der Waals surface area contributed by atoms with E-state index < -0.39 is 0 Å². The number of benzene rings is 6. The van der Waals surface area contributed by atoms with Crippen LogP contribution in [0.3, 0.4) is 0 Å². The zero-order valence-electron chi connectivity index (χ0n) is 26.8. The van der Waals surface area contributed by atoms with Gasteiger partial charge >= 0.3 is 0 Å². The maximum absolute atomic E-state index is 13.8. The van der Waals surface area contributed by atoms with Crippen molar-refractivity contribution in [1.29, 1.82) is 0 Å². The molecule has 0 amide bonds. The molecule has 1 aliphatic rings. The molecule has 0 bridgehead atoms. The van der Waals surface area contributed by atoms with Gasteiger partial charge in [-0.3, -0.25) is 0 Å². The molecule has 236 valence electrons. The zero-order valence-corrected chi connectivity index (χ0v) is 27.7. The number of rotatable bonds is 6. The van der Waals surface area contributed by atoms with E-state index in [1.807, 2.05) is 42.1 Å². The first-order valence-electron chi connectivity index (χ1n) is 16.3. The second-order valence-electron chi connectivity index (χ2n) is 12.0. The maximum Gasteiger partial charge on any atom is 0.123 e. The SMILES string of the molecule is C=C1C=C(c2ccc3c(c2)c2cc(-c4ccc(N(c5ccccc5)c5ccc(F)cc5)cc4)ccc2n3-c2ccccc2)SC/C=C\C=C/1. The average molecular weight is 653 g/mol. The van der Waals surface area contributed by atoms with Crippen molar-refractivity contribution < 1.29 is 4.39 Å². The monoisotopic (exact) mass is 652 g/mol. The van der Waals surface area contributed by atoms with Gasteiger partial charge in [-0.2, -0.15) is 0 Å². The van der Waals surface area contributed by atoms with Crippen LogP contribution in [-0.4, -0.2) is 10.3 Å². The summed E-state index contributed by atoms with van der Waals surface area (Å²) in [5.41, 5.74) is 10.8. The Labute approximate surface area is 290 Å². The van der Waals surface area contributed by atoms with Crippen molar-refractivity contribution in [2.75, 3.05) is 10.7 Å². The Hall–Kier alpha value is -5.84. The maximum atomic E-state index is 13.8. The number of allylic oxidation sites excluding steroid dienone is 5. The highest BCUT2D eigenvalue weighted by Crippen LogP contribution is 2.40. The molecule has 0 unspecified atom stereocenters. The van der Waals surface area contributed by atoms with Crippen molar-refractivity contribution in [3.05, 3.63) is 200 Å². The predicted molar refractivity (Wildman–Crippen MR) is 209 cm³/mol. The van der Waals surface area contributed by atoms with Gasteiger partial charge in [0.15, 0.2) is 0 Å². The van der Waals surface area contributed by atoms with Crippen LogP contribution in [0, 0.1) is 5.82 Å². The summed E-state index contributed by atoms with van der Waals surface area (Å²) >= 11 is 1.83. The molecule has 0 aliphatic carbocycles. The van der Waals surface area contributed by atoms with E-state index in [1.54, 1.807) is 0 Å². The summed E-state index contributed by atoms with van der Waals surface area (Å²) in [7, 11) is 0. The number of thioether (sulfide) groups is 1. The Kier molecular flexibility index (Phi) is 8.30. The highest BCUT2D eigenvalue weighted by Gasteiger charge is 2.17. The first kappa shape index (κ1) is 30.5. The molecule has 0 atom stereocenters. The van der Waals surface area contributed by atoms with Crippen LogP contribution in [0.25, 0.3) is 43.5 Å². The summed E-state index contributed by atoms with van der Waals surface area (Å²) < 4.78 is 16.2. The largest absolute Gasteiger partial charge is 0.311 e. The molecule has 2 nitrogen and oxygen atoms in total. The molecule has 7 aromatic rings. The number of nitrogens with zero attached hydrogens (tertiary/aromatic N) is 2. The normalized spacial score (nSPS) is 14.6. The van der Waals surface area contributed by atoms with E-state index in [0.29, 0.717) is 0 Å². The second kappa shape index (κ2) is 13.3. The predicted octanol–water partition coefficient (Wildman–Crippen LogP) is 12.8. The Morgan fingerprint density at radius 1 is 0.592 bits per heavy atom. The van der Waals surface area contributed by atoms with Crippen LogP contribution in [0.5, 0.6) is 0 Å². The van der Waals surface area contributed by atoms with Gasteiger partial charge in [0.05, 0.1) is 11.0 Å². The van der Waals surface area contributed by atoms with Gasteiger partial charge < -0.3 is 9.47 Å². The smallest absolute Gasteiger partial charge is 0.123 e. The van der Waals surface area contributed by atoms with Crippen molar-refractivity contribution in [3.63, 3.8) is 0 Å². The van der Waals surface area contributed by atoms with Crippen molar-refractivity contribution >= 4 is 55.5 Å². The van der Waals surface area contributed by atoms with Crippen LogP contribution in [0.1, 0.15) is 5.56 Å². The summed E-state index contributed by atoms with van der Waals surface area (Å²) in [6.07, 6.45) is 10.6. The molecule has 1 aromatic heterocycles. The van der Waals surface area contributed by atoms with Gasteiger partial charge in [-0.15, -0.1) is 11.8 Å². The molecule has 4 heteroatoms. The van der Waals surface area contributed by atoms with Gasteiger partial charge in [-0.05, 0) is 113 Å². The van der Waals surface area contributed by atoms with Gasteiger partial charge in [0.25, 0.3) is 0 Å². The molecule has 1 aliphatic heterocycles. The van der Waals surface area contributed by atoms with E-state index in [9.17, 15) is 4.39 Å². The quantitative estimate of drug-likeness (QED) is 0.177. The molecular weight excluding hydrogens is 620 g/mol. The van der Waals surface area contributed by atoms with E-state index in [2.05, 4.69) is 150 Å². The third kappa shape index (κ3) is 6.15. The lowest BCUT2D eigenvalue weighted by atomic mass is 10.0. The lowest BCUT2D eigenvalue weighted by Gasteiger charge is -2.25. The molecule has 0 fully saturated rings. The van der Waals surface area contributed by atoms with Gasteiger partial charge in [0, 0.05) is 44.2 Å². The van der Waals surface area contributed by atoms with E-state index in [4.69, 9.17) is 0 Å². The number of hydrogen-bond donors (Lipinski definition) is 0. The lowest BCUT2D eigenvalue weighted by molar-refractivity contribution is 0.628. The van der Waals surface area contributed by atoms with E-state index in [0.717, 1.165) is 50.7 Å². The minimum atomic E-state index is -0.251. The van der Waals surface area contributed by atoms with Crippen LogP contribution in [-0.2, 0) is 0 Å². The first-order chi connectivity index (χ1) is 24.1. The minimum absolute atomic E-state index is 0.251. The molecule has 6 aromatic carbocycles. The van der Waals surface area contributed by atoms with Crippen LogP contribution in [0.15, 0.2) is 188 Å². The topological polar surface area (TPSA) is 8.17 Å². The summed E-state index contributed by atoms with van der Waals surface area (Å²) in [6, 6.07) is 49.6. The lowest BCUT2D eigenvalue weighted by Crippen LogP contribution is -2.09. The van der Waals surface area contributed by atoms with Crippen molar-refractivity contribution in [2.45, 2.75) is 0 Å². The third-order valence-corrected chi connectivity index (χ3v) is 9.85. The summed E-state index contributed by atoms with van der Waals surface area (Å²) in [6.45, 7) is 4.26. The number of hydrogen-bond acceptors (Lipinski definition) is 2. The van der Waals surface area contributed by atoms with Crippen LogP contribution in [0.4, 0.5) is 21.5 Å². The molecule has 0 radical (unpaired) electrons. The molecule has 8 rings (SSSR count). The number of halogens is 1. The van der Waals surface area contributed by atoms with Crippen LogP contribution < -0.4 is 4.90 Å². The Bertz CT molecular complexity index is 2380. The van der Waals surface area contributed by atoms with Gasteiger partial charge in [0.1, 0.15) is 5.82 Å². The highest BCUT2D eigenvalue weighted by molar-refractivity contribution is 8.08. The zero-order chi connectivity index (χ0) is 33.2. The fourth-order valence-electron chi connectivity index (χ4n) is 6.50. The van der Waals surface area contributed by atoms with Crippen LogP contribution >= 0.6 is 11.8 Å². The minimum Gasteiger partial charge on any atom is -0.311 e. The standard InChI is InChI=1S/C45H33FN2S/c1-32-11-5-4-10-28-49-45(29-32)35-19-27-44-42(31-35)41-30-34(18-26-43(41)48(44)38-14-8-3-9-15-38)33-16-22-39(23-17-33)47(37-12-6-2-7-13-37)40-24-20-36(46)21-25-40/h2-27,29-31H,1,28H2/b10-4-,11-5-,45-29?. The molecule has 49 heavy (non-hydrogen) atoms. The van der Waals surface area contributed by atoms with E-state index >= 15 is 0 Å². The summed E-state index contributed by atoms with van der Waals surface area (Å²) in [5.74, 6) is 0.648. The van der Waals surface area contributed by atoms with Crippen molar-refractivity contribution in [2.24, 2.45) is 0 Å². The van der Waals surface area contributed by atoms with Crippen molar-refractivity contribution in [3.8, 4) is 16.8 Å². The Morgan fingerprint density at radius 2 is 1.16 bits per heavy atom. The number of fused-ring (bicyclic) bond motifs is 3. The molecular formula is C45H33FN2S. The second-order valence-corrected chi connectivity index (χ2v) is 13.1. The number of para-hydroxylation sites is 2. The molecule has 0 saturated carbocycles. The first-order valence-corrected chi connectivity index (χ1v) is 17.3. The fraction of sp³-hybridized carbons (Fsp3) is 0.0222. The Morgan fingerprint density at radius 3 is 1.86 bits per heavy atom. The molecule has 0 N–H and O–H groups in total. The van der Waals surface area contributed by atoms with Gasteiger partial charge in [-0.1, -0.05) is 91.5 Å². The number of aromatic nitrogens is 1. The molecule has 2 heterocycles. The Balaban J connectivity index is 1.24. The number of anilines is 3. The van der Waals surface area contributed by atoms with E-state index in [1.165, 1.54) is 38.9 Å². The van der Waals surface area contributed by atoms with Crippen molar-refractivity contribution in [1.82, 2.24) is 4.57 Å². The van der Waals surface area contributed by atoms with Gasteiger partial charge in [0.2, 0.25) is 0 Å². The average Bonchev–Trinajstić information content (AvgIpc) is 3.52. The fourth-order valence-corrected chi connectivity index (χ4v) is 7.42. The van der Waals surface area contributed by atoms with Gasteiger partial charge in [-0.25, -0.2) is 4.39 Å². The van der Waals surface area contributed by atoms with Crippen LogP contribution in [0.2, 0.25) is 0 Å². The summed E-state index contributed by atoms with van der Waals surface area (Å²) in [5, 5.41) is 2.41. The molecule has 0 spiro atoms. The van der Waals surface area contributed by atoms with E-state index in [-0.39, 0.29) is 5.82 Å².